The molecule has 1 aliphatic rings. The number of nitrogens with zero attached hydrogens (tertiary/aromatic N) is 1. The number of aliphatic imine (C=N–C) groups is 1. The van der Waals surface area contributed by atoms with Gasteiger partial charge in [0.1, 0.15) is 31.0 Å². The van der Waals surface area contributed by atoms with Gasteiger partial charge in [-0.15, -0.1) is 0 Å². The first-order valence-electron chi connectivity index (χ1n) is 15.5. The van der Waals surface area contributed by atoms with Crippen LogP contribution in [0, 0.1) is 5.92 Å². The normalized spacial score (nSPS) is 21.4. The van der Waals surface area contributed by atoms with Crippen molar-refractivity contribution in [3.63, 3.8) is 0 Å². The third-order valence-corrected chi connectivity index (χ3v) is 7.62. The summed E-state index contributed by atoms with van der Waals surface area (Å²) in [4.78, 5) is 28.9. The molecule has 17 nitrogen and oxygen atoms in total. The number of aliphatic hydroxyl groups excluding tert-OH is 3. The van der Waals surface area contributed by atoms with Crippen molar-refractivity contribution in [1.82, 2.24) is 5.32 Å². The van der Waals surface area contributed by atoms with E-state index in [2.05, 4.69) is 29.5 Å². The molecule has 1 fully saturated rings. The summed E-state index contributed by atoms with van der Waals surface area (Å²) in [7, 11) is 4.02. The highest BCUT2D eigenvalue weighted by atomic mass is 16.7. The van der Waals surface area contributed by atoms with Crippen LogP contribution in [0.1, 0.15) is 54.3 Å². The molecule has 1 saturated heterocycles. The Bertz CT molecular complexity index is 1450. The number of aromatic carboxylic acids is 1. The smallest absolute Gasteiger partial charge is 0.338 e. The number of nitrogens with two attached hydrogens (primary N) is 1. The van der Waals surface area contributed by atoms with Gasteiger partial charge >= 0.3 is 11.9 Å². The number of rotatable bonds is 16. The number of aliphatic hydroxyl groups is 3. The molecule has 0 spiro atoms. The lowest BCUT2D eigenvalue weighted by Crippen LogP contribution is -2.60. The second kappa shape index (κ2) is 17.6. The lowest BCUT2D eigenvalue weighted by atomic mass is 9.99. The Hall–Kier alpha value is -4.71. The van der Waals surface area contributed by atoms with E-state index in [0.29, 0.717) is 5.92 Å². The summed E-state index contributed by atoms with van der Waals surface area (Å²) >= 11 is 0. The van der Waals surface area contributed by atoms with Crippen molar-refractivity contribution in [3.05, 3.63) is 35.4 Å². The van der Waals surface area contributed by atoms with Gasteiger partial charge in [0.15, 0.2) is 35.7 Å². The molecule has 0 aromatic heterocycles. The van der Waals surface area contributed by atoms with Crippen LogP contribution in [0.3, 0.4) is 0 Å². The van der Waals surface area contributed by atoms with E-state index < -0.39 is 49.3 Å². The molecule has 3 rings (SSSR count). The highest BCUT2D eigenvalue weighted by molar-refractivity contribution is 5.95. The number of hydrogen-bond donors (Lipinski definition) is 8. The Kier molecular flexibility index (Phi) is 13.9. The Labute approximate surface area is 283 Å². The topological polar surface area (TPSA) is 253 Å². The number of hydrogen-bond acceptors (Lipinski definition) is 14. The van der Waals surface area contributed by atoms with Gasteiger partial charge in [0.25, 0.3) is 0 Å². The second-order valence-electron chi connectivity index (χ2n) is 11.7. The van der Waals surface area contributed by atoms with Crippen LogP contribution in [0.4, 0.5) is 5.69 Å². The summed E-state index contributed by atoms with van der Waals surface area (Å²) in [6.07, 6.45) is -6.76. The number of carbonyl (C=O) groups excluding carboxylic acids is 1. The molecule has 17 heteroatoms. The Morgan fingerprint density at radius 2 is 1.61 bits per heavy atom. The Balaban J connectivity index is 1.89. The third-order valence-electron chi connectivity index (χ3n) is 7.62. The van der Waals surface area contributed by atoms with E-state index in [1.807, 2.05) is 6.92 Å². The highest BCUT2D eigenvalue weighted by Gasteiger charge is 2.46. The maximum absolute atomic E-state index is 12.9. The lowest BCUT2D eigenvalue weighted by Gasteiger charge is -2.40. The Morgan fingerprint density at radius 1 is 0.959 bits per heavy atom. The van der Waals surface area contributed by atoms with Crippen LogP contribution in [0.5, 0.6) is 28.7 Å². The number of aromatic hydroxyl groups is 1. The molecule has 0 amide bonds. The number of carbonyl (C=O) groups is 2. The summed E-state index contributed by atoms with van der Waals surface area (Å²) in [5.74, 6) is -2.31. The molecule has 9 N–H and O–H groups in total. The number of esters is 1. The molecule has 272 valence electrons. The molecule has 0 aliphatic carbocycles. The number of carboxylic acid groups (broad SMARTS) is 1. The van der Waals surface area contributed by atoms with Crippen LogP contribution in [0.25, 0.3) is 0 Å². The van der Waals surface area contributed by atoms with E-state index in [0.717, 1.165) is 12.8 Å². The quantitative estimate of drug-likeness (QED) is 0.0533. The summed E-state index contributed by atoms with van der Waals surface area (Å²) in [5.41, 5.74) is 5.66. The number of ether oxygens (including phenoxy) is 6. The van der Waals surface area contributed by atoms with Gasteiger partial charge in [0.2, 0.25) is 12.0 Å². The maximum atomic E-state index is 12.9. The number of guanidine groups is 1. The third kappa shape index (κ3) is 10.1. The first kappa shape index (κ1) is 38.7. The van der Waals surface area contributed by atoms with E-state index in [1.165, 1.54) is 45.5 Å². The van der Waals surface area contributed by atoms with E-state index >= 15 is 0 Å². The van der Waals surface area contributed by atoms with Gasteiger partial charge in [0, 0.05) is 25.2 Å². The summed E-state index contributed by atoms with van der Waals surface area (Å²) in [5, 5.41) is 58.2. The maximum Gasteiger partial charge on any atom is 0.338 e. The molecule has 6 atom stereocenters. The second-order valence-corrected chi connectivity index (χ2v) is 11.7. The summed E-state index contributed by atoms with van der Waals surface area (Å²) in [6, 6.07) is 4.87. The fourth-order valence-corrected chi connectivity index (χ4v) is 4.78. The van der Waals surface area contributed by atoms with Crippen molar-refractivity contribution in [2.75, 3.05) is 39.9 Å². The van der Waals surface area contributed by atoms with Crippen LogP contribution in [0.2, 0.25) is 0 Å². The SMILES string of the molecule is CN=C(N)NCOc1cc(C(=O)O)c(NC(C)CCC(C)C)cc1OC1OC(COC(=O)c2cc(OC)c(O)c(OC)c2)C(O)C(O)C1O. The van der Waals surface area contributed by atoms with Crippen molar-refractivity contribution < 1.29 is 63.5 Å². The van der Waals surface area contributed by atoms with Crippen molar-refractivity contribution in [3.8, 4) is 28.7 Å². The van der Waals surface area contributed by atoms with Crippen LogP contribution in [0.15, 0.2) is 29.3 Å². The van der Waals surface area contributed by atoms with Crippen molar-refractivity contribution in [2.24, 2.45) is 16.6 Å². The van der Waals surface area contributed by atoms with E-state index in [1.54, 1.807) is 0 Å². The fraction of sp³-hybridized carbons (Fsp3) is 0.531. The van der Waals surface area contributed by atoms with Crippen molar-refractivity contribution in [2.45, 2.75) is 70.4 Å². The molecule has 1 aliphatic heterocycles. The largest absolute Gasteiger partial charge is 0.502 e. The fourth-order valence-electron chi connectivity index (χ4n) is 4.78. The zero-order chi connectivity index (χ0) is 36.4. The van der Waals surface area contributed by atoms with Gasteiger partial charge in [-0.1, -0.05) is 13.8 Å². The van der Waals surface area contributed by atoms with Crippen molar-refractivity contribution in [1.29, 1.82) is 0 Å². The molecule has 49 heavy (non-hydrogen) atoms. The number of carboxylic acids is 1. The number of benzene rings is 2. The summed E-state index contributed by atoms with van der Waals surface area (Å²) < 4.78 is 32.9. The first-order valence-corrected chi connectivity index (χ1v) is 15.5. The van der Waals surface area contributed by atoms with Gasteiger partial charge in [-0.3, -0.25) is 4.99 Å². The van der Waals surface area contributed by atoms with Gasteiger partial charge in [-0.2, -0.15) is 0 Å². The van der Waals surface area contributed by atoms with Crippen LogP contribution in [-0.4, -0.2) is 115 Å². The van der Waals surface area contributed by atoms with E-state index in [4.69, 9.17) is 34.2 Å². The van der Waals surface area contributed by atoms with E-state index in [-0.39, 0.29) is 64.3 Å². The van der Waals surface area contributed by atoms with Gasteiger partial charge < -0.3 is 70.3 Å². The molecular weight excluding hydrogens is 648 g/mol. The minimum Gasteiger partial charge on any atom is -0.502 e. The minimum atomic E-state index is -1.81. The number of nitrogens with one attached hydrogen (secondary N) is 2. The first-order chi connectivity index (χ1) is 23.2. The summed E-state index contributed by atoms with van der Waals surface area (Å²) in [6.45, 7) is 5.20. The highest BCUT2D eigenvalue weighted by Crippen LogP contribution is 2.38. The Morgan fingerprint density at radius 3 is 2.18 bits per heavy atom. The minimum absolute atomic E-state index is 0.0444. The molecule has 0 bridgehead atoms. The monoisotopic (exact) mass is 694 g/mol. The van der Waals surface area contributed by atoms with Gasteiger partial charge in [0.05, 0.1) is 31.0 Å². The predicted molar refractivity (Wildman–Crippen MR) is 176 cm³/mol. The molecule has 2 aromatic rings. The van der Waals surface area contributed by atoms with Gasteiger partial charge in [-0.25, -0.2) is 9.59 Å². The number of phenols is 1. The number of anilines is 1. The van der Waals surface area contributed by atoms with Gasteiger partial charge in [-0.05, 0) is 37.8 Å². The molecule has 6 unspecified atom stereocenters. The van der Waals surface area contributed by atoms with Crippen molar-refractivity contribution >= 4 is 23.6 Å². The molecule has 0 saturated carbocycles. The molecule has 2 aromatic carbocycles. The standard InChI is InChI=1S/C32H46N4O13/c1-15(2)7-8-16(3)36-19-12-21(20(11-18(19)29(41)42)47-14-35-32(33)34-4)48-31-28(40)27(39)26(38)24(49-31)13-46-30(43)17-9-22(44-5)25(37)23(10-17)45-6/h9-12,15-16,24,26-28,31,36-40H,7-8,13-14H2,1-6H3,(H,41,42)(H3,33,34,35). The average molecular weight is 695 g/mol. The average Bonchev–Trinajstić information content (AvgIpc) is 3.07. The number of phenolic OH excluding ortho intramolecular Hbond substituents is 1. The molecule has 0 radical (unpaired) electrons. The zero-order valence-corrected chi connectivity index (χ0v) is 28.2. The lowest BCUT2D eigenvalue weighted by molar-refractivity contribution is -0.277. The van der Waals surface area contributed by atoms with Crippen LogP contribution < -0.4 is 35.3 Å². The molecule has 1 heterocycles. The van der Waals surface area contributed by atoms with Crippen LogP contribution in [-0.2, 0) is 9.47 Å². The van der Waals surface area contributed by atoms with E-state index in [9.17, 15) is 35.1 Å². The van der Waals surface area contributed by atoms with Crippen LogP contribution >= 0.6 is 0 Å². The molecular formula is C32H46N4O13. The number of methoxy groups -OCH3 is 2. The predicted octanol–water partition coefficient (Wildman–Crippen LogP) is 1.26. The zero-order valence-electron chi connectivity index (χ0n) is 28.2.